The Morgan fingerprint density at radius 1 is 0.769 bits per heavy atom. The van der Waals surface area contributed by atoms with Gasteiger partial charge in [-0.3, -0.25) is 10.9 Å². The minimum Gasteiger partial charge on any atom is -0.459 e. The normalized spacial score (nSPS) is 10.3. The molecule has 3 heterocycles. The van der Waals surface area contributed by atoms with Crippen molar-refractivity contribution in [2.45, 2.75) is 0 Å². The van der Waals surface area contributed by atoms with Gasteiger partial charge in [-0.15, -0.1) is 23.8 Å². The SMILES string of the molecule is [Au+3].[C-]#Cc1ccccc1.[c-]1c(Oc2ccccn2)ccc2c1c1[n-]cc(-c3ccccc3)[n+]1c1ccccc21. The second-order valence-corrected chi connectivity index (χ2v) is 8.56. The zero-order chi connectivity index (χ0) is 25.7. The molecule has 4 nitrogen and oxygen atoms in total. The first kappa shape index (κ1) is 26.0. The molecule has 0 unspecified atom stereocenters. The van der Waals surface area contributed by atoms with Crippen molar-refractivity contribution in [1.82, 2.24) is 9.97 Å². The number of ether oxygens (including phenoxy) is 1. The van der Waals surface area contributed by atoms with E-state index in [4.69, 9.17) is 16.1 Å². The van der Waals surface area contributed by atoms with Gasteiger partial charge in [-0.05, 0) is 23.1 Å². The molecule has 0 atom stereocenters. The van der Waals surface area contributed by atoms with Crippen LogP contribution in [0.3, 0.4) is 0 Å². The Labute approximate surface area is 242 Å². The van der Waals surface area contributed by atoms with Crippen LogP contribution in [0.2, 0.25) is 0 Å². The quantitative estimate of drug-likeness (QED) is 0.0665. The van der Waals surface area contributed by atoms with Crippen molar-refractivity contribution >= 4 is 27.3 Å². The third-order valence-corrected chi connectivity index (χ3v) is 6.18. The third-order valence-electron chi connectivity index (χ3n) is 6.18. The zero-order valence-electron chi connectivity index (χ0n) is 20.7. The van der Waals surface area contributed by atoms with Crippen molar-refractivity contribution < 1.29 is 31.5 Å². The number of benzene rings is 4. The van der Waals surface area contributed by atoms with Crippen molar-refractivity contribution in [2.75, 3.05) is 0 Å². The molecule has 0 amide bonds. The van der Waals surface area contributed by atoms with Crippen LogP contribution in [0.1, 0.15) is 5.56 Å². The van der Waals surface area contributed by atoms with Crippen LogP contribution in [0.15, 0.2) is 128 Å². The number of pyridine rings is 2. The Balaban J connectivity index is 0.000000297. The van der Waals surface area contributed by atoms with E-state index in [-0.39, 0.29) is 22.4 Å². The molecule has 0 spiro atoms. The smallest absolute Gasteiger partial charge is 0.459 e. The molecule has 0 aliphatic rings. The van der Waals surface area contributed by atoms with E-state index in [0.29, 0.717) is 11.6 Å². The molecule has 4 aromatic carbocycles. The Kier molecular flexibility index (Phi) is 7.86. The Hall–Kier alpha value is -4.66. The van der Waals surface area contributed by atoms with Crippen LogP contribution < -0.4 is 14.1 Å². The Bertz CT molecular complexity index is 1890. The number of hydrogen-bond donors (Lipinski definition) is 0. The van der Waals surface area contributed by atoms with E-state index >= 15 is 0 Å². The van der Waals surface area contributed by atoms with Gasteiger partial charge in [0.15, 0.2) is 0 Å². The second-order valence-electron chi connectivity index (χ2n) is 8.56. The van der Waals surface area contributed by atoms with Crippen molar-refractivity contribution in [2.24, 2.45) is 0 Å². The summed E-state index contributed by atoms with van der Waals surface area (Å²) in [6.07, 6.45) is 10.3. The van der Waals surface area contributed by atoms with Crippen LogP contribution >= 0.6 is 0 Å². The van der Waals surface area contributed by atoms with E-state index in [9.17, 15) is 0 Å². The van der Waals surface area contributed by atoms with E-state index < -0.39 is 0 Å². The fourth-order valence-corrected chi connectivity index (χ4v) is 4.46. The largest absolute Gasteiger partial charge is 3.00 e. The van der Waals surface area contributed by atoms with Gasteiger partial charge in [-0.25, -0.2) is 4.98 Å². The van der Waals surface area contributed by atoms with Gasteiger partial charge >= 0.3 is 22.4 Å². The minimum atomic E-state index is 0. The molecule has 5 heteroatoms. The summed E-state index contributed by atoms with van der Waals surface area (Å²) in [5.41, 5.74) is 4.97. The molecule has 7 rings (SSSR count). The summed E-state index contributed by atoms with van der Waals surface area (Å²) in [6, 6.07) is 41.1. The topological polar surface area (TPSA) is 40.3 Å². The van der Waals surface area contributed by atoms with Crippen LogP contribution in [0.4, 0.5) is 0 Å². The number of aromatic nitrogens is 3. The average molecular weight is 685 g/mol. The molecule has 7 aromatic rings. The maximum absolute atomic E-state index is 6.69. The molecule has 188 valence electrons. The molecule has 0 radical (unpaired) electrons. The van der Waals surface area contributed by atoms with E-state index in [1.54, 1.807) is 6.20 Å². The molecular weight excluding hydrogens is 663 g/mol. The van der Waals surface area contributed by atoms with E-state index in [1.165, 1.54) is 0 Å². The van der Waals surface area contributed by atoms with Gasteiger partial charge in [0.25, 0.3) is 0 Å². The van der Waals surface area contributed by atoms with Gasteiger partial charge in [0.1, 0.15) is 0 Å². The zero-order valence-corrected chi connectivity index (χ0v) is 22.8. The van der Waals surface area contributed by atoms with E-state index in [1.807, 2.05) is 79.0 Å². The summed E-state index contributed by atoms with van der Waals surface area (Å²) in [4.78, 5) is 9.03. The van der Waals surface area contributed by atoms with E-state index in [2.05, 4.69) is 63.8 Å². The van der Waals surface area contributed by atoms with Gasteiger partial charge < -0.3 is 15.6 Å². The molecule has 0 saturated carbocycles. The predicted molar refractivity (Wildman–Crippen MR) is 149 cm³/mol. The molecule has 39 heavy (non-hydrogen) atoms. The van der Waals surface area contributed by atoms with Crippen LogP contribution in [-0.2, 0) is 22.4 Å². The molecule has 0 fully saturated rings. The maximum Gasteiger partial charge on any atom is 3.00 e. The number of nitrogens with zero attached hydrogens (tertiary/aromatic N) is 3. The monoisotopic (exact) mass is 684 g/mol. The van der Waals surface area contributed by atoms with Crippen LogP contribution in [-0.4, -0.2) is 4.98 Å². The van der Waals surface area contributed by atoms with Gasteiger partial charge in [-0.2, -0.15) is 0 Å². The van der Waals surface area contributed by atoms with Gasteiger partial charge in [-0.1, -0.05) is 95.7 Å². The summed E-state index contributed by atoms with van der Waals surface area (Å²) >= 11 is 0. The second kappa shape index (κ2) is 11.8. The molecular formula is C34H21AuN3O+. The fraction of sp³-hybridized carbons (Fsp3) is 0. The summed E-state index contributed by atoms with van der Waals surface area (Å²) in [6.45, 7) is 0. The number of imidazole rings is 1. The number of fused-ring (bicyclic) bond motifs is 6. The third kappa shape index (κ3) is 5.34. The molecule has 3 aromatic heterocycles. The summed E-state index contributed by atoms with van der Waals surface area (Å²) in [5, 5.41) is 3.16. The molecule has 0 aliphatic heterocycles. The van der Waals surface area contributed by atoms with Crippen LogP contribution in [0.25, 0.3) is 38.6 Å². The Morgan fingerprint density at radius 3 is 2.21 bits per heavy atom. The fourth-order valence-electron chi connectivity index (χ4n) is 4.46. The van der Waals surface area contributed by atoms with Gasteiger partial charge in [0.2, 0.25) is 5.88 Å². The molecule has 0 aliphatic carbocycles. The van der Waals surface area contributed by atoms with Crippen molar-refractivity contribution in [1.29, 1.82) is 0 Å². The number of hydrogen-bond acceptors (Lipinski definition) is 2. The number of para-hydroxylation sites is 1. The first-order chi connectivity index (χ1) is 18.8. The van der Waals surface area contributed by atoms with Gasteiger partial charge in [0, 0.05) is 29.7 Å². The molecule has 0 bridgehead atoms. The standard InChI is InChI=1S/C26H16N3O.C8H5.Au/c1-2-8-18(9-3-1)24-17-28-26-22-16-19(30-25-12-6-7-15-27-25)13-14-20(22)21-10-4-5-11-23(21)29(24)26;1-2-8-6-4-3-5-7-8;/h1-15,17H;3-7H;/q2*-1;+3. The first-order valence-electron chi connectivity index (χ1n) is 12.2. The van der Waals surface area contributed by atoms with Crippen molar-refractivity contribution in [3.63, 3.8) is 0 Å². The number of rotatable bonds is 3. The first-order valence-corrected chi connectivity index (χ1v) is 12.2. The van der Waals surface area contributed by atoms with E-state index in [0.717, 1.165) is 44.1 Å². The van der Waals surface area contributed by atoms with Crippen LogP contribution in [0, 0.1) is 18.4 Å². The molecule has 0 N–H and O–H groups in total. The summed E-state index contributed by atoms with van der Waals surface area (Å²) < 4.78 is 8.14. The predicted octanol–water partition coefficient (Wildman–Crippen LogP) is 6.97. The minimum absolute atomic E-state index is 0. The van der Waals surface area contributed by atoms with Crippen molar-refractivity contribution in [3.05, 3.63) is 146 Å². The Morgan fingerprint density at radius 2 is 1.49 bits per heavy atom. The molecule has 0 saturated heterocycles. The summed E-state index contributed by atoms with van der Waals surface area (Å²) in [5.74, 6) is 3.43. The average Bonchev–Trinajstić information content (AvgIpc) is 3.45. The summed E-state index contributed by atoms with van der Waals surface area (Å²) in [7, 11) is 0. The van der Waals surface area contributed by atoms with Crippen molar-refractivity contribution in [3.8, 4) is 28.8 Å². The van der Waals surface area contributed by atoms with Crippen LogP contribution in [0.5, 0.6) is 11.6 Å². The maximum atomic E-state index is 6.69. The van der Waals surface area contributed by atoms with Gasteiger partial charge in [0.05, 0.1) is 11.3 Å².